The Bertz CT molecular complexity index is 1460. The first-order valence-electron chi connectivity index (χ1n) is 11.8. The monoisotopic (exact) mass is 481 g/mol. The lowest BCUT2D eigenvalue weighted by atomic mass is 10.1. The highest BCUT2D eigenvalue weighted by molar-refractivity contribution is 6.00. The summed E-state index contributed by atoms with van der Waals surface area (Å²) in [6.45, 7) is 0.501. The fourth-order valence-electron chi connectivity index (χ4n) is 4.13. The number of methoxy groups -OCH3 is 2. The molecule has 0 atom stereocenters. The van der Waals surface area contributed by atoms with Crippen molar-refractivity contribution in [2.45, 2.75) is 12.8 Å². The van der Waals surface area contributed by atoms with E-state index in [-0.39, 0.29) is 5.91 Å². The van der Waals surface area contributed by atoms with Gasteiger partial charge < -0.3 is 19.8 Å². The molecule has 1 amide bonds. The highest BCUT2D eigenvalue weighted by atomic mass is 16.5. The van der Waals surface area contributed by atoms with Gasteiger partial charge in [0.05, 0.1) is 36.5 Å². The van der Waals surface area contributed by atoms with E-state index in [9.17, 15) is 4.79 Å². The summed E-state index contributed by atoms with van der Waals surface area (Å²) in [5.41, 5.74) is 4.46. The Labute approximate surface area is 208 Å². The summed E-state index contributed by atoms with van der Waals surface area (Å²) in [7, 11) is 3.20. The van der Waals surface area contributed by atoms with E-state index in [4.69, 9.17) is 14.6 Å². The number of carbonyl (C=O) groups excluding carboxylic acids is 1. The van der Waals surface area contributed by atoms with Crippen molar-refractivity contribution in [2.75, 3.05) is 20.8 Å². The average molecular weight is 482 g/mol. The third kappa shape index (κ3) is 4.79. The number of hydrogen-bond donors (Lipinski definition) is 2. The third-order valence-corrected chi connectivity index (χ3v) is 5.96. The number of rotatable bonds is 9. The van der Waals surface area contributed by atoms with E-state index in [1.807, 2.05) is 72.8 Å². The van der Waals surface area contributed by atoms with Crippen molar-refractivity contribution in [2.24, 2.45) is 0 Å². The van der Waals surface area contributed by atoms with Gasteiger partial charge in [0, 0.05) is 24.7 Å². The topological polar surface area (TPSA) is 94.1 Å². The lowest BCUT2D eigenvalue weighted by molar-refractivity contribution is 0.0953. The van der Waals surface area contributed by atoms with Gasteiger partial charge in [0.15, 0.2) is 0 Å². The second-order valence-electron chi connectivity index (χ2n) is 8.30. The van der Waals surface area contributed by atoms with E-state index in [1.165, 1.54) is 0 Å². The minimum absolute atomic E-state index is 0.207. The SMILES string of the molecule is COc1ccc(OC)c(-c2nn(-c3ccccc3)cc2C(=O)NCCCc2nc3ccccc3[nH]2)c1. The van der Waals surface area contributed by atoms with Crippen LogP contribution < -0.4 is 14.8 Å². The summed E-state index contributed by atoms with van der Waals surface area (Å²) >= 11 is 0. The number of nitrogens with zero attached hydrogens (tertiary/aromatic N) is 3. The van der Waals surface area contributed by atoms with E-state index in [2.05, 4.69) is 15.3 Å². The lowest BCUT2D eigenvalue weighted by Crippen LogP contribution is -2.25. The summed E-state index contributed by atoms with van der Waals surface area (Å²) in [6.07, 6.45) is 3.23. The molecular formula is C28H27N5O3. The van der Waals surface area contributed by atoms with Crippen molar-refractivity contribution in [1.82, 2.24) is 25.1 Å². The molecule has 8 heteroatoms. The number of nitrogens with one attached hydrogen (secondary N) is 2. The van der Waals surface area contributed by atoms with Crippen LogP contribution in [0.1, 0.15) is 22.6 Å². The Hall–Kier alpha value is -4.59. The van der Waals surface area contributed by atoms with E-state index in [0.29, 0.717) is 34.9 Å². The molecule has 0 bridgehead atoms. The number of para-hydroxylation sites is 3. The minimum atomic E-state index is -0.207. The number of ether oxygens (including phenoxy) is 2. The molecule has 0 saturated carbocycles. The fraction of sp³-hybridized carbons (Fsp3) is 0.179. The number of aromatic nitrogens is 4. The standard InChI is InChI=1S/C28H27N5O3/c1-35-20-14-15-25(36-2)21(17-20)27-22(18-33(32-27)19-9-4-3-5-10-19)28(34)29-16-8-13-26-30-23-11-6-7-12-24(23)31-26/h3-7,9-12,14-15,17-18H,8,13,16H2,1-2H3,(H,29,34)(H,30,31). The molecule has 182 valence electrons. The minimum Gasteiger partial charge on any atom is -0.497 e. The molecule has 5 aromatic rings. The molecule has 0 fully saturated rings. The molecule has 0 unspecified atom stereocenters. The van der Waals surface area contributed by atoms with Gasteiger partial charge in [-0.1, -0.05) is 30.3 Å². The van der Waals surface area contributed by atoms with Crippen LogP contribution in [0.15, 0.2) is 79.0 Å². The molecule has 0 spiro atoms. The lowest BCUT2D eigenvalue weighted by Gasteiger charge is -2.10. The second-order valence-corrected chi connectivity index (χ2v) is 8.30. The predicted molar refractivity (Wildman–Crippen MR) is 139 cm³/mol. The first kappa shape index (κ1) is 23.2. The normalized spacial score (nSPS) is 10.9. The molecule has 2 heterocycles. The van der Waals surface area contributed by atoms with Crippen molar-refractivity contribution in [3.05, 3.63) is 90.4 Å². The predicted octanol–water partition coefficient (Wildman–Crippen LogP) is 4.80. The van der Waals surface area contributed by atoms with Crippen LogP contribution in [0.25, 0.3) is 28.0 Å². The van der Waals surface area contributed by atoms with Gasteiger partial charge in [-0.25, -0.2) is 9.67 Å². The van der Waals surface area contributed by atoms with Crippen LogP contribution in [-0.2, 0) is 6.42 Å². The maximum Gasteiger partial charge on any atom is 0.255 e. The summed E-state index contributed by atoms with van der Waals surface area (Å²) < 4.78 is 12.7. The quantitative estimate of drug-likeness (QED) is 0.295. The van der Waals surface area contributed by atoms with Gasteiger partial charge in [0.2, 0.25) is 0 Å². The Kier molecular flexibility index (Phi) is 6.66. The van der Waals surface area contributed by atoms with Crippen LogP contribution >= 0.6 is 0 Å². The zero-order chi connectivity index (χ0) is 24.9. The molecule has 3 aromatic carbocycles. The molecular weight excluding hydrogens is 454 g/mol. The molecule has 2 N–H and O–H groups in total. The van der Waals surface area contributed by atoms with Crippen molar-refractivity contribution < 1.29 is 14.3 Å². The summed E-state index contributed by atoms with van der Waals surface area (Å²) in [6, 6.07) is 23.1. The Morgan fingerprint density at radius 2 is 1.81 bits per heavy atom. The Morgan fingerprint density at radius 3 is 2.58 bits per heavy atom. The van der Waals surface area contributed by atoms with Crippen LogP contribution in [-0.4, -0.2) is 46.4 Å². The highest BCUT2D eigenvalue weighted by Gasteiger charge is 2.22. The Balaban J connectivity index is 1.38. The molecule has 0 aliphatic heterocycles. The molecule has 0 radical (unpaired) electrons. The highest BCUT2D eigenvalue weighted by Crippen LogP contribution is 2.35. The van der Waals surface area contributed by atoms with Gasteiger partial charge in [-0.05, 0) is 48.9 Å². The van der Waals surface area contributed by atoms with Crippen LogP contribution in [0.5, 0.6) is 11.5 Å². The van der Waals surface area contributed by atoms with Crippen molar-refractivity contribution >= 4 is 16.9 Å². The van der Waals surface area contributed by atoms with Crippen LogP contribution in [0.4, 0.5) is 0 Å². The summed E-state index contributed by atoms with van der Waals surface area (Å²) in [5.74, 6) is 1.95. The summed E-state index contributed by atoms with van der Waals surface area (Å²) in [4.78, 5) is 21.3. The van der Waals surface area contributed by atoms with Gasteiger partial charge in [-0.15, -0.1) is 0 Å². The largest absolute Gasteiger partial charge is 0.497 e. The van der Waals surface area contributed by atoms with Gasteiger partial charge in [0.25, 0.3) is 5.91 Å². The number of aromatic amines is 1. The number of H-pyrrole nitrogens is 1. The van der Waals surface area contributed by atoms with E-state index >= 15 is 0 Å². The first-order chi connectivity index (χ1) is 17.7. The van der Waals surface area contributed by atoms with Gasteiger partial charge in [0.1, 0.15) is 23.0 Å². The molecule has 0 aliphatic carbocycles. The molecule has 8 nitrogen and oxygen atoms in total. The van der Waals surface area contributed by atoms with Crippen LogP contribution in [0.2, 0.25) is 0 Å². The van der Waals surface area contributed by atoms with Crippen molar-refractivity contribution in [3.63, 3.8) is 0 Å². The molecule has 2 aromatic heterocycles. The summed E-state index contributed by atoms with van der Waals surface area (Å²) in [5, 5.41) is 7.80. The fourth-order valence-corrected chi connectivity index (χ4v) is 4.13. The average Bonchev–Trinajstić information content (AvgIpc) is 3.56. The number of imidazole rings is 1. The van der Waals surface area contributed by atoms with E-state index < -0.39 is 0 Å². The maximum atomic E-state index is 13.3. The number of hydrogen-bond acceptors (Lipinski definition) is 5. The zero-order valence-electron chi connectivity index (χ0n) is 20.2. The maximum absolute atomic E-state index is 13.3. The number of benzene rings is 3. The second kappa shape index (κ2) is 10.4. The zero-order valence-corrected chi connectivity index (χ0v) is 20.2. The van der Waals surface area contributed by atoms with Crippen LogP contribution in [0, 0.1) is 0 Å². The third-order valence-electron chi connectivity index (χ3n) is 5.96. The number of amides is 1. The number of carbonyl (C=O) groups is 1. The number of fused-ring (bicyclic) bond motifs is 1. The van der Waals surface area contributed by atoms with Crippen molar-refractivity contribution in [3.8, 4) is 28.4 Å². The van der Waals surface area contributed by atoms with Gasteiger partial charge in [-0.3, -0.25) is 4.79 Å². The van der Waals surface area contributed by atoms with Crippen LogP contribution in [0.3, 0.4) is 0 Å². The van der Waals surface area contributed by atoms with Gasteiger partial charge >= 0.3 is 0 Å². The molecule has 0 saturated heterocycles. The molecule has 0 aliphatic rings. The molecule has 36 heavy (non-hydrogen) atoms. The number of aryl methyl sites for hydroxylation is 1. The van der Waals surface area contributed by atoms with Crippen molar-refractivity contribution in [1.29, 1.82) is 0 Å². The first-order valence-corrected chi connectivity index (χ1v) is 11.8. The van der Waals surface area contributed by atoms with Gasteiger partial charge in [-0.2, -0.15) is 5.10 Å². The Morgan fingerprint density at radius 1 is 1.00 bits per heavy atom. The van der Waals surface area contributed by atoms with E-state index in [0.717, 1.165) is 35.4 Å². The smallest absolute Gasteiger partial charge is 0.255 e. The molecule has 5 rings (SSSR count). The van der Waals surface area contributed by atoms with E-state index in [1.54, 1.807) is 25.1 Å².